The average Bonchev–Trinajstić information content (AvgIpc) is 2.94. The predicted octanol–water partition coefficient (Wildman–Crippen LogP) is 4.48. The molecule has 0 radical (unpaired) electrons. The van der Waals surface area contributed by atoms with E-state index in [1.807, 2.05) is 11.3 Å². The Labute approximate surface area is 149 Å². The molecule has 2 aliphatic carbocycles. The van der Waals surface area contributed by atoms with Gasteiger partial charge in [0.25, 0.3) is 0 Å². The van der Waals surface area contributed by atoms with Crippen LogP contribution in [0.4, 0.5) is 0 Å². The number of hydrogen-bond donors (Lipinski definition) is 0. The number of thiophene rings is 1. The number of fused-ring (bicyclic) bond motifs is 3. The number of aromatic nitrogens is 2. The van der Waals surface area contributed by atoms with Crippen LogP contribution < -0.4 is 0 Å². The highest BCUT2D eigenvalue weighted by Crippen LogP contribution is 2.39. The molecule has 0 aromatic carbocycles. The number of hydrogen-bond acceptors (Lipinski definition) is 4. The standard InChI is InChI=1S/C20H29N3S/c1-13-4-9-18-16(10-13)19-17(21-12-22-20(19)24-18)11-14-5-7-15(8-6-14)23(2)3/h12-15H,4-11H2,1-3H3/t13?,14-,15-. The highest BCUT2D eigenvalue weighted by Gasteiger charge is 2.26. The lowest BCUT2D eigenvalue weighted by atomic mass is 9.82. The van der Waals surface area contributed by atoms with E-state index in [4.69, 9.17) is 4.98 Å². The first-order valence-electron chi connectivity index (χ1n) is 9.52. The summed E-state index contributed by atoms with van der Waals surface area (Å²) in [5, 5.41) is 1.43. The molecule has 2 aromatic heterocycles. The molecule has 130 valence electrons. The molecule has 0 N–H and O–H groups in total. The van der Waals surface area contributed by atoms with Crippen LogP contribution in [0.15, 0.2) is 6.33 Å². The van der Waals surface area contributed by atoms with Crippen molar-refractivity contribution in [2.45, 2.75) is 64.3 Å². The zero-order chi connectivity index (χ0) is 16.7. The first kappa shape index (κ1) is 16.5. The first-order valence-corrected chi connectivity index (χ1v) is 10.3. The minimum Gasteiger partial charge on any atom is -0.306 e. The molecular weight excluding hydrogens is 314 g/mol. The molecule has 3 nitrogen and oxygen atoms in total. The number of rotatable bonds is 3. The molecule has 2 heterocycles. The van der Waals surface area contributed by atoms with Crippen molar-refractivity contribution in [3.8, 4) is 0 Å². The maximum absolute atomic E-state index is 4.75. The number of nitrogens with zero attached hydrogens (tertiary/aromatic N) is 3. The monoisotopic (exact) mass is 343 g/mol. The third-order valence-corrected chi connectivity index (χ3v) is 7.39. The highest BCUT2D eigenvalue weighted by molar-refractivity contribution is 7.18. The molecule has 0 spiro atoms. The fourth-order valence-electron chi connectivity index (χ4n) is 4.64. The Morgan fingerprint density at radius 1 is 1.12 bits per heavy atom. The molecule has 1 unspecified atom stereocenters. The van der Waals surface area contributed by atoms with Gasteiger partial charge >= 0.3 is 0 Å². The molecule has 0 saturated heterocycles. The summed E-state index contributed by atoms with van der Waals surface area (Å²) < 4.78 is 0. The molecule has 1 saturated carbocycles. The van der Waals surface area contributed by atoms with Crippen LogP contribution in [0.25, 0.3) is 10.2 Å². The first-order chi connectivity index (χ1) is 11.6. The largest absolute Gasteiger partial charge is 0.306 e. The Morgan fingerprint density at radius 3 is 2.67 bits per heavy atom. The second-order valence-corrected chi connectivity index (χ2v) is 9.28. The summed E-state index contributed by atoms with van der Waals surface area (Å²) in [4.78, 5) is 14.6. The van der Waals surface area contributed by atoms with Crippen LogP contribution in [0, 0.1) is 11.8 Å². The average molecular weight is 344 g/mol. The van der Waals surface area contributed by atoms with E-state index in [0.29, 0.717) is 0 Å². The fourth-order valence-corrected chi connectivity index (χ4v) is 5.85. The molecule has 1 fully saturated rings. The van der Waals surface area contributed by atoms with E-state index in [1.54, 1.807) is 16.8 Å². The van der Waals surface area contributed by atoms with E-state index in [9.17, 15) is 0 Å². The maximum Gasteiger partial charge on any atom is 0.127 e. The second-order valence-electron chi connectivity index (χ2n) is 8.19. The van der Waals surface area contributed by atoms with Crippen molar-refractivity contribution in [1.29, 1.82) is 0 Å². The third kappa shape index (κ3) is 3.11. The van der Waals surface area contributed by atoms with Crippen molar-refractivity contribution in [2.24, 2.45) is 11.8 Å². The molecule has 0 bridgehead atoms. The van der Waals surface area contributed by atoms with Gasteiger partial charge in [-0.15, -0.1) is 11.3 Å². The summed E-state index contributed by atoms with van der Waals surface area (Å²) in [6.07, 6.45) is 12.1. The molecule has 2 aromatic rings. The topological polar surface area (TPSA) is 29.0 Å². The summed E-state index contributed by atoms with van der Waals surface area (Å²) in [5.74, 6) is 1.61. The predicted molar refractivity (Wildman–Crippen MR) is 102 cm³/mol. The van der Waals surface area contributed by atoms with E-state index in [0.717, 1.165) is 24.3 Å². The molecule has 24 heavy (non-hydrogen) atoms. The highest BCUT2D eigenvalue weighted by atomic mass is 32.1. The van der Waals surface area contributed by atoms with Crippen LogP contribution in [0.1, 0.15) is 55.2 Å². The van der Waals surface area contributed by atoms with Crippen LogP contribution >= 0.6 is 11.3 Å². The molecule has 0 aliphatic heterocycles. The van der Waals surface area contributed by atoms with Gasteiger partial charge in [0.2, 0.25) is 0 Å². The van der Waals surface area contributed by atoms with Gasteiger partial charge in [-0.3, -0.25) is 0 Å². The van der Waals surface area contributed by atoms with Crippen molar-refractivity contribution in [2.75, 3.05) is 14.1 Å². The SMILES string of the molecule is CC1CCc2sc3ncnc(C[C@H]4CC[C@H](N(C)C)CC4)c3c2C1. The Morgan fingerprint density at radius 2 is 1.92 bits per heavy atom. The van der Waals surface area contributed by atoms with E-state index in [2.05, 4.69) is 30.9 Å². The van der Waals surface area contributed by atoms with Crippen molar-refractivity contribution in [1.82, 2.24) is 14.9 Å². The molecular formula is C20H29N3S. The van der Waals surface area contributed by atoms with Crippen molar-refractivity contribution in [3.05, 3.63) is 22.5 Å². The van der Waals surface area contributed by atoms with Gasteiger partial charge in [-0.25, -0.2) is 9.97 Å². The Bertz CT molecular complexity index is 713. The van der Waals surface area contributed by atoms with Crippen LogP contribution in [0.5, 0.6) is 0 Å². The van der Waals surface area contributed by atoms with Crippen LogP contribution in [0.3, 0.4) is 0 Å². The van der Waals surface area contributed by atoms with E-state index in [-0.39, 0.29) is 0 Å². The van der Waals surface area contributed by atoms with Crippen molar-refractivity contribution >= 4 is 21.6 Å². The van der Waals surface area contributed by atoms with Crippen molar-refractivity contribution in [3.63, 3.8) is 0 Å². The normalized spacial score (nSPS) is 27.6. The van der Waals surface area contributed by atoms with Crippen LogP contribution in [0.2, 0.25) is 0 Å². The van der Waals surface area contributed by atoms with Crippen molar-refractivity contribution < 1.29 is 0 Å². The van der Waals surface area contributed by atoms with Crippen LogP contribution in [-0.4, -0.2) is 35.0 Å². The van der Waals surface area contributed by atoms with Gasteiger partial charge in [0, 0.05) is 16.3 Å². The summed E-state index contributed by atoms with van der Waals surface area (Å²) in [7, 11) is 4.44. The lowest BCUT2D eigenvalue weighted by Crippen LogP contribution is -2.32. The van der Waals surface area contributed by atoms with Gasteiger partial charge in [0.1, 0.15) is 11.2 Å². The molecule has 4 heteroatoms. The fraction of sp³-hybridized carbons (Fsp3) is 0.700. The number of aryl methyl sites for hydroxylation is 1. The minimum atomic E-state index is 0.779. The summed E-state index contributed by atoms with van der Waals surface area (Å²) in [6, 6.07) is 0.779. The zero-order valence-corrected chi connectivity index (χ0v) is 16.0. The molecule has 1 atom stereocenters. The van der Waals surface area contributed by atoms with E-state index < -0.39 is 0 Å². The third-order valence-electron chi connectivity index (χ3n) is 6.19. The Balaban J connectivity index is 1.58. The molecule has 0 amide bonds. The van der Waals surface area contributed by atoms with Gasteiger partial charge in [0.15, 0.2) is 0 Å². The Hall–Kier alpha value is -1.00. The van der Waals surface area contributed by atoms with E-state index >= 15 is 0 Å². The van der Waals surface area contributed by atoms with Gasteiger partial charge in [-0.1, -0.05) is 6.92 Å². The van der Waals surface area contributed by atoms with Gasteiger partial charge in [0.05, 0.1) is 5.69 Å². The quantitative estimate of drug-likeness (QED) is 0.823. The summed E-state index contributed by atoms with van der Waals surface area (Å²) in [5.41, 5.74) is 2.92. The van der Waals surface area contributed by atoms with Gasteiger partial charge < -0.3 is 4.90 Å². The molecule has 4 rings (SSSR count). The lowest BCUT2D eigenvalue weighted by molar-refractivity contribution is 0.193. The maximum atomic E-state index is 4.75. The smallest absolute Gasteiger partial charge is 0.127 e. The summed E-state index contributed by atoms with van der Waals surface area (Å²) >= 11 is 1.92. The van der Waals surface area contributed by atoms with Gasteiger partial charge in [-0.2, -0.15) is 0 Å². The Kier molecular flexibility index (Phi) is 4.61. The minimum absolute atomic E-state index is 0.779. The summed E-state index contributed by atoms with van der Waals surface area (Å²) in [6.45, 7) is 2.39. The molecule has 2 aliphatic rings. The second kappa shape index (κ2) is 6.72. The van der Waals surface area contributed by atoms with Crippen LogP contribution in [-0.2, 0) is 19.3 Å². The lowest BCUT2D eigenvalue weighted by Gasteiger charge is -2.32. The zero-order valence-electron chi connectivity index (χ0n) is 15.2. The van der Waals surface area contributed by atoms with E-state index in [1.165, 1.54) is 60.9 Å². The van der Waals surface area contributed by atoms with Gasteiger partial charge in [-0.05, 0) is 82.9 Å².